The predicted molar refractivity (Wildman–Crippen MR) is 33.8 cm³/mol. The Bertz CT molecular complexity index is 97.1. The molecule has 0 radical (unpaired) electrons. The molecule has 0 heterocycles. The van der Waals surface area contributed by atoms with E-state index in [9.17, 15) is 0 Å². The molecule has 9 heavy (non-hydrogen) atoms. The molecule has 0 bridgehead atoms. The van der Waals surface area contributed by atoms with Gasteiger partial charge in [-0.3, -0.25) is 0 Å². The number of aliphatic hydroxyl groups is 2. The van der Waals surface area contributed by atoms with E-state index < -0.39 is 12.2 Å². The zero-order valence-electron chi connectivity index (χ0n) is 5.33. The molecule has 0 aromatic heterocycles. The minimum atomic E-state index is -0.589. The summed E-state index contributed by atoms with van der Waals surface area (Å²) < 4.78 is 0. The maximum absolute atomic E-state index is 9.02. The lowest BCUT2D eigenvalue weighted by Crippen LogP contribution is -2.39. The van der Waals surface area contributed by atoms with E-state index in [4.69, 9.17) is 15.9 Å². The number of hydrogen-bond acceptors (Lipinski definition) is 3. The van der Waals surface area contributed by atoms with E-state index in [1.807, 2.05) is 0 Å². The second-order valence-corrected chi connectivity index (χ2v) is 2.71. The SMILES string of the molecule is N[C@H]1CC[C@@H](O)[C@@H](O)C1. The number of hydrogen-bond donors (Lipinski definition) is 3. The molecule has 0 amide bonds. The summed E-state index contributed by atoms with van der Waals surface area (Å²) in [6, 6.07) is 0.0865. The Labute approximate surface area is 54.5 Å². The van der Waals surface area contributed by atoms with Gasteiger partial charge in [-0.2, -0.15) is 0 Å². The normalized spacial score (nSPS) is 45.0. The van der Waals surface area contributed by atoms with Gasteiger partial charge in [0.25, 0.3) is 0 Å². The molecule has 3 heteroatoms. The van der Waals surface area contributed by atoms with Crippen LogP contribution in [0, 0.1) is 0 Å². The van der Waals surface area contributed by atoms with E-state index in [1.165, 1.54) is 0 Å². The average molecular weight is 131 g/mol. The third-order valence-electron chi connectivity index (χ3n) is 1.82. The Morgan fingerprint density at radius 3 is 2.22 bits per heavy atom. The lowest BCUT2D eigenvalue weighted by atomic mass is 9.91. The van der Waals surface area contributed by atoms with Crippen LogP contribution >= 0.6 is 0 Å². The molecular weight excluding hydrogens is 118 g/mol. The highest BCUT2D eigenvalue weighted by atomic mass is 16.3. The summed E-state index contributed by atoms with van der Waals surface area (Å²) in [5, 5.41) is 18.0. The van der Waals surface area contributed by atoms with Gasteiger partial charge in [0.15, 0.2) is 0 Å². The third kappa shape index (κ3) is 1.64. The van der Waals surface area contributed by atoms with E-state index in [0.29, 0.717) is 12.8 Å². The van der Waals surface area contributed by atoms with Crippen molar-refractivity contribution in [3.05, 3.63) is 0 Å². The van der Waals surface area contributed by atoms with Gasteiger partial charge in [0.05, 0.1) is 12.2 Å². The van der Waals surface area contributed by atoms with Gasteiger partial charge in [-0.05, 0) is 19.3 Å². The molecule has 0 unspecified atom stereocenters. The molecule has 0 aromatic carbocycles. The largest absolute Gasteiger partial charge is 0.390 e. The molecule has 3 nitrogen and oxygen atoms in total. The summed E-state index contributed by atoms with van der Waals surface area (Å²) in [6.07, 6.45) is 0.889. The molecule has 4 N–H and O–H groups in total. The average Bonchev–Trinajstić information content (AvgIpc) is 1.80. The van der Waals surface area contributed by atoms with Crippen LogP contribution in [-0.2, 0) is 0 Å². The lowest BCUT2D eigenvalue weighted by Gasteiger charge is -2.27. The first-order valence-corrected chi connectivity index (χ1v) is 3.32. The fourth-order valence-corrected chi connectivity index (χ4v) is 1.16. The van der Waals surface area contributed by atoms with E-state index in [-0.39, 0.29) is 6.04 Å². The van der Waals surface area contributed by atoms with Crippen molar-refractivity contribution in [2.24, 2.45) is 5.73 Å². The van der Waals surface area contributed by atoms with Gasteiger partial charge in [-0.1, -0.05) is 0 Å². The molecule has 0 aliphatic heterocycles. The molecule has 0 aromatic rings. The van der Waals surface area contributed by atoms with Gasteiger partial charge in [0.2, 0.25) is 0 Å². The van der Waals surface area contributed by atoms with Crippen molar-refractivity contribution >= 4 is 0 Å². The standard InChI is InChI=1S/C6H13NO2/c7-4-1-2-5(8)6(9)3-4/h4-6,8-9H,1-3,7H2/t4-,5+,6-/m0/s1. The lowest BCUT2D eigenvalue weighted by molar-refractivity contribution is -0.0140. The maximum Gasteiger partial charge on any atom is 0.0813 e. The van der Waals surface area contributed by atoms with Crippen molar-refractivity contribution in [2.45, 2.75) is 37.5 Å². The van der Waals surface area contributed by atoms with Crippen molar-refractivity contribution in [3.63, 3.8) is 0 Å². The van der Waals surface area contributed by atoms with Crippen LogP contribution < -0.4 is 5.73 Å². The van der Waals surface area contributed by atoms with Gasteiger partial charge in [0.1, 0.15) is 0 Å². The van der Waals surface area contributed by atoms with Crippen molar-refractivity contribution in [2.75, 3.05) is 0 Å². The van der Waals surface area contributed by atoms with Crippen LogP contribution in [0.15, 0.2) is 0 Å². The second kappa shape index (κ2) is 2.64. The Hall–Kier alpha value is -0.120. The highest BCUT2D eigenvalue weighted by Crippen LogP contribution is 2.16. The Balaban J connectivity index is 2.35. The van der Waals surface area contributed by atoms with Crippen molar-refractivity contribution in [1.82, 2.24) is 0 Å². The minimum absolute atomic E-state index is 0.0865. The minimum Gasteiger partial charge on any atom is -0.390 e. The van der Waals surface area contributed by atoms with E-state index in [0.717, 1.165) is 6.42 Å². The summed E-state index contributed by atoms with van der Waals surface area (Å²) in [5.74, 6) is 0. The molecule has 0 spiro atoms. The monoisotopic (exact) mass is 131 g/mol. The first-order chi connectivity index (χ1) is 4.20. The molecule has 1 aliphatic carbocycles. The van der Waals surface area contributed by atoms with Crippen LogP contribution in [0.1, 0.15) is 19.3 Å². The van der Waals surface area contributed by atoms with Gasteiger partial charge >= 0.3 is 0 Å². The first-order valence-electron chi connectivity index (χ1n) is 3.32. The highest BCUT2D eigenvalue weighted by Gasteiger charge is 2.24. The zero-order chi connectivity index (χ0) is 6.85. The van der Waals surface area contributed by atoms with E-state index >= 15 is 0 Å². The molecule has 1 fully saturated rings. The van der Waals surface area contributed by atoms with Crippen molar-refractivity contribution in [3.8, 4) is 0 Å². The first kappa shape index (κ1) is 6.99. The predicted octanol–water partition coefficient (Wildman–Crippen LogP) is -0.781. The molecule has 3 atom stereocenters. The third-order valence-corrected chi connectivity index (χ3v) is 1.82. The van der Waals surface area contributed by atoms with Crippen LogP contribution in [0.3, 0.4) is 0 Å². The molecular formula is C6H13NO2. The van der Waals surface area contributed by atoms with Gasteiger partial charge in [0, 0.05) is 6.04 Å². The van der Waals surface area contributed by atoms with Crippen molar-refractivity contribution < 1.29 is 10.2 Å². The molecule has 1 saturated carbocycles. The van der Waals surface area contributed by atoms with Gasteiger partial charge < -0.3 is 15.9 Å². The number of nitrogens with two attached hydrogens (primary N) is 1. The second-order valence-electron chi connectivity index (χ2n) is 2.71. The van der Waals surface area contributed by atoms with Crippen LogP contribution in [-0.4, -0.2) is 28.5 Å². The summed E-state index contributed by atoms with van der Waals surface area (Å²) in [4.78, 5) is 0. The highest BCUT2D eigenvalue weighted by molar-refractivity contribution is 4.80. The number of rotatable bonds is 0. The van der Waals surface area contributed by atoms with Gasteiger partial charge in [-0.15, -0.1) is 0 Å². The molecule has 1 rings (SSSR count). The Morgan fingerprint density at radius 1 is 1.11 bits per heavy atom. The summed E-state index contributed by atoms with van der Waals surface area (Å²) in [5.41, 5.74) is 5.52. The quantitative estimate of drug-likeness (QED) is 0.404. The summed E-state index contributed by atoms with van der Waals surface area (Å²) >= 11 is 0. The van der Waals surface area contributed by atoms with E-state index in [1.54, 1.807) is 0 Å². The summed E-state index contributed by atoms with van der Waals surface area (Å²) in [6.45, 7) is 0. The van der Waals surface area contributed by atoms with Gasteiger partial charge in [-0.25, -0.2) is 0 Å². The Morgan fingerprint density at radius 2 is 1.78 bits per heavy atom. The van der Waals surface area contributed by atoms with Crippen LogP contribution in [0.2, 0.25) is 0 Å². The molecule has 1 aliphatic rings. The Kier molecular flexibility index (Phi) is 2.05. The smallest absolute Gasteiger partial charge is 0.0813 e. The van der Waals surface area contributed by atoms with E-state index in [2.05, 4.69) is 0 Å². The maximum atomic E-state index is 9.02. The van der Waals surface area contributed by atoms with Crippen LogP contribution in [0.4, 0.5) is 0 Å². The summed E-state index contributed by atoms with van der Waals surface area (Å²) in [7, 11) is 0. The number of aliphatic hydroxyl groups excluding tert-OH is 2. The molecule has 54 valence electrons. The topological polar surface area (TPSA) is 66.5 Å². The van der Waals surface area contributed by atoms with Crippen molar-refractivity contribution in [1.29, 1.82) is 0 Å². The fourth-order valence-electron chi connectivity index (χ4n) is 1.16. The van der Waals surface area contributed by atoms with Crippen LogP contribution in [0.5, 0.6) is 0 Å². The zero-order valence-corrected chi connectivity index (χ0v) is 5.33. The molecule has 0 saturated heterocycles. The fraction of sp³-hybridized carbons (Fsp3) is 1.00. The van der Waals surface area contributed by atoms with Crippen LogP contribution in [0.25, 0.3) is 0 Å².